The molecule has 4 nitrogen and oxygen atoms in total. The Morgan fingerprint density at radius 2 is 1.88 bits per heavy atom. The summed E-state index contributed by atoms with van der Waals surface area (Å²) in [4.78, 5) is 20.9. The molecule has 3 aromatic heterocycles. The minimum atomic E-state index is -0.0886. The summed E-state index contributed by atoms with van der Waals surface area (Å²) in [6.07, 6.45) is 6.04. The molecular weight excluding hydrogens is 458 g/mol. The van der Waals surface area contributed by atoms with Gasteiger partial charge >= 0.3 is 0 Å². The minimum absolute atomic E-state index is 0.0421. The summed E-state index contributed by atoms with van der Waals surface area (Å²) >= 11 is 3.21. The third-order valence-electron chi connectivity index (χ3n) is 6.90. The average Bonchev–Trinajstić information content (AvgIpc) is 3.58. The molecule has 5 aromatic rings. The zero-order valence-electron chi connectivity index (χ0n) is 18.6. The monoisotopic (exact) mass is 479 g/mol. The van der Waals surface area contributed by atoms with Crippen LogP contribution in [0.3, 0.4) is 0 Å². The third kappa shape index (κ3) is 2.89. The Kier molecular flexibility index (Phi) is 4.41. The molecule has 0 bridgehead atoms. The first kappa shape index (κ1) is 19.9. The number of thiazole rings is 1. The van der Waals surface area contributed by atoms with Crippen molar-refractivity contribution in [1.82, 2.24) is 9.13 Å². The summed E-state index contributed by atoms with van der Waals surface area (Å²) < 4.78 is 4.77. The van der Waals surface area contributed by atoms with Crippen molar-refractivity contribution >= 4 is 45.3 Å². The van der Waals surface area contributed by atoms with E-state index in [0.717, 1.165) is 44.3 Å². The van der Waals surface area contributed by atoms with E-state index in [4.69, 9.17) is 4.99 Å². The number of aryl methyl sites for hydroxylation is 2. The van der Waals surface area contributed by atoms with E-state index in [1.165, 1.54) is 32.9 Å². The summed E-state index contributed by atoms with van der Waals surface area (Å²) in [5, 5.41) is 3.25. The van der Waals surface area contributed by atoms with Gasteiger partial charge in [-0.05, 0) is 47.6 Å². The van der Waals surface area contributed by atoms with E-state index in [1.54, 1.807) is 11.3 Å². The largest absolute Gasteiger partial charge is 0.350 e. The molecule has 0 unspecified atom stereocenters. The molecule has 1 atom stereocenters. The highest BCUT2D eigenvalue weighted by atomic mass is 32.1. The van der Waals surface area contributed by atoms with Crippen molar-refractivity contribution in [3.8, 4) is 0 Å². The van der Waals surface area contributed by atoms with Crippen LogP contribution < -0.4 is 14.9 Å². The smallest absolute Gasteiger partial charge is 0.271 e. The fraction of sp³-hybridized carbons (Fsp3) is 0.143. The van der Waals surface area contributed by atoms with Gasteiger partial charge in [-0.2, -0.15) is 0 Å². The molecule has 6 heteroatoms. The predicted molar refractivity (Wildman–Crippen MR) is 140 cm³/mol. The molecule has 166 valence electrons. The van der Waals surface area contributed by atoms with Crippen LogP contribution in [0.2, 0.25) is 0 Å². The molecule has 0 radical (unpaired) electrons. The maximum absolute atomic E-state index is 13.8. The van der Waals surface area contributed by atoms with Crippen molar-refractivity contribution in [3.05, 3.63) is 119 Å². The van der Waals surface area contributed by atoms with E-state index in [0.29, 0.717) is 0 Å². The number of aromatic nitrogens is 2. The Balaban J connectivity index is 1.50. The lowest BCUT2D eigenvalue weighted by molar-refractivity contribution is 0.593. The van der Waals surface area contributed by atoms with E-state index in [9.17, 15) is 4.79 Å². The van der Waals surface area contributed by atoms with Gasteiger partial charge in [-0.3, -0.25) is 9.36 Å². The summed E-state index contributed by atoms with van der Waals surface area (Å²) in [6.45, 7) is 0. The second kappa shape index (κ2) is 7.52. The highest BCUT2D eigenvalue weighted by Crippen LogP contribution is 2.42. The number of nitrogens with zero attached hydrogens (tertiary/aromatic N) is 3. The quantitative estimate of drug-likeness (QED) is 0.356. The van der Waals surface area contributed by atoms with Gasteiger partial charge in [0.1, 0.15) is 0 Å². The van der Waals surface area contributed by atoms with Crippen LogP contribution in [0.15, 0.2) is 87.6 Å². The fourth-order valence-corrected chi connectivity index (χ4v) is 7.19. The van der Waals surface area contributed by atoms with Gasteiger partial charge in [0.15, 0.2) is 4.80 Å². The van der Waals surface area contributed by atoms with Gasteiger partial charge in [0.25, 0.3) is 5.56 Å². The van der Waals surface area contributed by atoms with Crippen molar-refractivity contribution in [2.24, 2.45) is 12.0 Å². The number of hydrogen-bond acceptors (Lipinski definition) is 4. The van der Waals surface area contributed by atoms with Gasteiger partial charge in [0.05, 0.1) is 16.3 Å². The summed E-state index contributed by atoms with van der Waals surface area (Å²) in [5.74, 6) is 0. The van der Waals surface area contributed by atoms with Crippen molar-refractivity contribution in [1.29, 1.82) is 0 Å². The summed E-state index contributed by atoms with van der Waals surface area (Å²) in [5.41, 5.74) is 7.11. The molecule has 0 saturated heterocycles. The minimum Gasteiger partial charge on any atom is -0.350 e. The maximum atomic E-state index is 13.8. The Bertz CT molecular complexity index is 1800. The number of benzene rings is 2. The number of hydrogen-bond donors (Lipinski definition) is 0. The van der Waals surface area contributed by atoms with Crippen molar-refractivity contribution in [2.45, 2.75) is 18.9 Å². The molecule has 34 heavy (non-hydrogen) atoms. The van der Waals surface area contributed by atoms with Crippen LogP contribution in [-0.4, -0.2) is 9.13 Å². The zero-order valence-corrected chi connectivity index (χ0v) is 20.2. The lowest BCUT2D eigenvalue weighted by Gasteiger charge is -2.30. The number of fused-ring (bicyclic) bond motifs is 4. The molecule has 0 spiro atoms. The second-order valence-corrected chi connectivity index (χ2v) is 10.8. The van der Waals surface area contributed by atoms with E-state index in [1.807, 2.05) is 29.8 Å². The number of rotatable bonds is 2. The molecule has 2 aliphatic rings. The average molecular weight is 480 g/mol. The fourth-order valence-electron chi connectivity index (χ4n) is 5.35. The van der Waals surface area contributed by atoms with E-state index in [2.05, 4.69) is 64.7 Å². The normalized spacial score (nSPS) is 17.4. The van der Waals surface area contributed by atoms with Gasteiger partial charge in [0, 0.05) is 40.2 Å². The SMILES string of the molecule is Cn1cc(/C=c2\sc3n(c2=O)[C@H](c2cccs2)C2=C(N=3)c3ccccc3CC2)c2ccccc21. The number of allylic oxidation sites excluding steroid dienone is 1. The Morgan fingerprint density at radius 1 is 1.03 bits per heavy atom. The lowest BCUT2D eigenvalue weighted by atomic mass is 9.85. The lowest BCUT2D eigenvalue weighted by Crippen LogP contribution is -2.38. The Labute approximate surface area is 204 Å². The van der Waals surface area contributed by atoms with Crippen molar-refractivity contribution in [2.75, 3.05) is 0 Å². The summed E-state index contributed by atoms with van der Waals surface area (Å²) in [6, 6.07) is 21.0. The first-order chi connectivity index (χ1) is 16.7. The molecular formula is C28H21N3OS2. The van der Waals surface area contributed by atoms with Gasteiger partial charge in [-0.25, -0.2) is 4.99 Å². The standard InChI is InChI=1S/C28H21N3OS2/c1-30-16-18(19-8-4-5-10-22(19)30)15-24-27(32)31-26(23-11-6-14-33-23)21-13-12-17-7-2-3-9-20(17)25(21)29-28(31)34-24/h2-11,14-16,26H,12-13H2,1H3/b24-15-/t26-/m0/s1. The third-order valence-corrected chi connectivity index (χ3v) is 8.81. The van der Waals surface area contributed by atoms with Crippen molar-refractivity contribution in [3.63, 3.8) is 0 Å². The number of para-hydroxylation sites is 1. The van der Waals surface area contributed by atoms with Crippen molar-refractivity contribution < 1.29 is 0 Å². The molecule has 7 rings (SSSR count). The predicted octanol–water partition coefficient (Wildman–Crippen LogP) is 4.87. The van der Waals surface area contributed by atoms with E-state index >= 15 is 0 Å². The molecule has 4 heterocycles. The topological polar surface area (TPSA) is 39.3 Å². The van der Waals surface area contributed by atoms with Gasteiger partial charge < -0.3 is 4.57 Å². The summed E-state index contributed by atoms with van der Waals surface area (Å²) in [7, 11) is 2.05. The van der Waals surface area contributed by atoms with E-state index < -0.39 is 0 Å². The van der Waals surface area contributed by atoms with Crippen LogP contribution in [0.4, 0.5) is 0 Å². The van der Waals surface area contributed by atoms with E-state index in [-0.39, 0.29) is 11.6 Å². The second-order valence-electron chi connectivity index (χ2n) is 8.84. The van der Waals surface area contributed by atoms with Crippen LogP contribution in [-0.2, 0) is 13.5 Å². The molecule has 0 amide bonds. The molecule has 1 aliphatic heterocycles. The first-order valence-corrected chi connectivity index (χ1v) is 13.1. The van der Waals surface area contributed by atoms with Crippen LogP contribution in [0.5, 0.6) is 0 Å². The molecule has 0 fully saturated rings. The van der Waals surface area contributed by atoms with Gasteiger partial charge in [0.2, 0.25) is 0 Å². The van der Waals surface area contributed by atoms with Crippen LogP contribution in [0.1, 0.15) is 34.0 Å². The molecule has 0 N–H and O–H groups in total. The Morgan fingerprint density at radius 3 is 2.76 bits per heavy atom. The molecule has 1 aliphatic carbocycles. The highest BCUT2D eigenvalue weighted by Gasteiger charge is 2.33. The molecule has 2 aromatic carbocycles. The zero-order chi connectivity index (χ0) is 22.8. The Hall–Kier alpha value is -3.48. The first-order valence-electron chi connectivity index (χ1n) is 11.4. The number of thiophene rings is 1. The van der Waals surface area contributed by atoms with Gasteiger partial charge in [-0.15, -0.1) is 11.3 Å². The van der Waals surface area contributed by atoms with Crippen LogP contribution in [0, 0.1) is 0 Å². The molecule has 0 saturated carbocycles. The highest BCUT2D eigenvalue weighted by molar-refractivity contribution is 7.10. The van der Waals surface area contributed by atoms with Crippen LogP contribution in [0.25, 0.3) is 22.7 Å². The van der Waals surface area contributed by atoms with Crippen LogP contribution >= 0.6 is 22.7 Å². The maximum Gasteiger partial charge on any atom is 0.271 e. The van der Waals surface area contributed by atoms with Gasteiger partial charge in [-0.1, -0.05) is 59.9 Å².